The van der Waals surface area contributed by atoms with E-state index in [0.717, 1.165) is 32.1 Å². The largest absolute Gasteiger partial charge is 0.387 e. The molecule has 0 radical (unpaired) electrons. The van der Waals surface area contributed by atoms with Crippen LogP contribution in [0.15, 0.2) is 24.3 Å². The first kappa shape index (κ1) is 15.9. The number of rotatable bonds is 7. The standard InChI is InChI=1S/C16H22FNO3S/c17-14-6-4-13(5-7-14)16(19)10-18(15-8-9-15)22(20,21)11-12-2-1-3-12/h4-7,12,15-16,19H,1-3,8-11H2. The van der Waals surface area contributed by atoms with E-state index in [2.05, 4.69) is 0 Å². The lowest BCUT2D eigenvalue weighted by Crippen LogP contribution is -2.40. The van der Waals surface area contributed by atoms with Crippen molar-refractivity contribution in [1.29, 1.82) is 0 Å². The van der Waals surface area contributed by atoms with Crippen LogP contribution in [-0.4, -0.2) is 36.2 Å². The Hall–Kier alpha value is -0.980. The summed E-state index contributed by atoms with van der Waals surface area (Å²) in [6.45, 7) is 0.0609. The van der Waals surface area contributed by atoms with Gasteiger partial charge in [-0.2, -0.15) is 4.31 Å². The number of hydrogen-bond acceptors (Lipinski definition) is 3. The predicted octanol–water partition coefficient (Wildman–Crippen LogP) is 2.45. The van der Waals surface area contributed by atoms with Crippen LogP contribution in [0, 0.1) is 11.7 Å². The second-order valence-corrected chi connectivity index (χ2v) is 8.41. The van der Waals surface area contributed by atoms with Crippen molar-refractivity contribution in [3.8, 4) is 0 Å². The molecule has 2 fully saturated rings. The van der Waals surface area contributed by atoms with Crippen LogP contribution in [0.3, 0.4) is 0 Å². The second-order valence-electron chi connectivity index (χ2n) is 6.44. The van der Waals surface area contributed by atoms with E-state index in [4.69, 9.17) is 0 Å². The van der Waals surface area contributed by atoms with Crippen LogP contribution >= 0.6 is 0 Å². The molecule has 122 valence electrons. The molecule has 2 saturated carbocycles. The average molecular weight is 327 g/mol. The summed E-state index contributed by atoms with van der Waals surface area (Å²) >= 11 is 0. The van der Waals surface area contributed by atoms with Crippen LogP contribution in [0.5, 0.6) is 0 Å². The number of sulfonamides is 1. The lowest BCUT2D eigenvalue weighted by Gasteiger charge is -2.30. The van der Waals surface area contributed by atoms with E-state index in [1.807, 2.05) is 0 Å². The van der Waals surface area contributed by atoms with Crippen LogP contribution < -0.4 is 0 Å². The van der Waals surface area contributed by atoms with Crippen molar-refractivity contribution in [3.63, 3.8) is 0 Å². The molecule has 22 heavy (non-hydrogen) atoms. The molecule has 0 saturated heterocycles. The normalized spacial score (nSPS) is 20.9. The molecule has 1 aromatic carbocycles. The Kier molecular flexibility index (Phi) is 4.52. The van der Waals surface area contributed by atoms with E-state index in [1.54, 1.807) is 0 Å². The Morgan fingerprint density at radius 2 is 1.82 bits per heavy atom. The van der Waals surface area contributed by atoms with Gasteiger partial charge in [0.15, 0.2) is 0 Å². The highest BCUT2D eigenvalue weighted by Crippen LogP contribution is 2.34. The lowest BCUT2D eigenvalue weighted by molar-refractivity contribution is 0.144. The minimum atomic E-state index is -3.33. The SMILES string of the molecule is O=S(=O)(CC1CCC1)N(CC(O)c1ccc(F)cc1)C1CC1. The molecule has 4 nitrogen and oxygen atoms in total. The molecule has 1 atom stereocenters. The van der Waals surface area contributed by atoms with Gasteiger partial charge in [-0.15, -0.1) is 0 Å². The van der Waals surface area contributed by atoms with E-state index in [1.165, 1.54) is 28.6 Å². The number of halogens is 1. The number of hydrogen-bond donors (Lipinski definition) is 1. The monoisotopic (exact) mass is 327 g/mol. The van der Waals surface area contributed by atoms with Gasteiger partial charge in [-0.05, 0) is 49.3 Å². The highest BCUT2D eigenvalue weighted by atomic mass is 32.2. The summed E-state index contributed by atoms with van der Waals surface area (Å²) in [6.07, 6.45) is 3.88. The Labute approximate surface area is 131 Å². The van der Waals surface area contributed by atoms with Crippen LogP contribution in [0.25, 0.3) is 0 Å². The van der Waals surface area contributed by atoms with Gasteiger partial charge in [0.2, 0.25) is 10.0 Å². The molecule has 1 unspecified atom stereocenters. The average Bonchev–Trinajstić information content (AvgIpc) is 3.25. The molecular weight excluding hydrogens is 305 g/mol. The third-order valence-electron chi connectivity index (χ3n) is 4.59. The zero-order chi connectivity index (χ0) is 15.7. The van der Waals surface area contributed by atoms with Gasteiger partial charge < -0.3 is 5.11 Å². The first-order valence-corrected chi connectivity index (χ1v) is 9.49. The van der Waals surface area contributed by atoms with Crippen molar-refractivity contribution < 1.29 is 17.9 Å². The smallest absolute Gasteiger partial charge is 0.214 e. The number of benzene rings is 1. The predicted molar refractivity (Wildman–Crippen MR) is 82.2 cm³/mol. The van der Waals surface area contributed by atoms with Gasteiger partial charge in [-0.3, -0.25) is 0 Å². The first-order chi connectivity index (χ1) is 10.5. The topological polar surface area (TPSA) is 57.6 Å². The van der Waals surface area contributed by atoms with E-state index >= 15 is 0 Å². The van der Waals surface area contributed by atoms with E-state index < -0.39 is 16.1 Å². The maximum atomic E-state index is 12.9. The minimum Gasteiger partial charge on any atom is -0.387 e. The van der Waals surface area contributed by atoms with Crippen molar-refractivity contribution in [2.75, 3.05) is 12.3 Å². The van der Waals surface area contributed by atoms with Crippen LogP contribution in [0.2, 0.25) is 0 Å². The quantitative estimate of drug-likeness (QED) is 0.837. The zero-order valence-electron chi connectivity index (χ0n) is 12.5. The molecule has 1 aromatic rings. The molecule has 6 heteroatoms. The maximum absolute atomic E-state index is 12.9. The maximum Gasteiger partial charge on any atom is 0.214 e. The summed E-state index contributed by atoms with van der Waals surface area (Å²) < 4.78 is 39.6. The number of nitrogens with zero attached hydrogens (tertiary/aromatic N) is 1. The fraction of sp³-hybridized carbons (Fsp3) is 0.625. The van der Waals surface area contributed by atoms with Crippen LogP contribution in [0.1, 0.15) is 43.8 Å². The summed E-state index contributed by atoms with van der Waals surface area (Å²) in [5.74, 6) is 0.0985. The second kappa shape index (κ2) is 6.26. The third-order valence-corrected chi connectivity index (χ3v) is 6.64. The lowest BCUT2D eigenvalue weighted by atomic mass is 9.87. The molecule has 0 spiro atoms. The fourth-order valence-electron chi connectivity index (χ4n) is 2.87. The molecule has 2 aliphatic rings. The zero-order valence-corrected chi connectivity index (χ0v) is 13.3. The molecule has 0 bridgehead atoms. The summed E-state index contributed by atoms with van der Waals surface area (Å²) in [5.41, 5.74) is 0.547. The fourth-order valence-corrected chi connectivity index (χ4v) is 5.02. The summed E-state index contributed by atoms with van der Waals surface area (Å²) in [5, 5.41) is 10.3. The molecule has 1 N–H and O–H groups in total. The molecule has 0 heterocycles. The summed E-state index contributed by atoms with van der Waals surface area (Å²) in [6, 6.07) is 5.60. The summed E-state index contributed by atoms with van der Waals surface area (Å²) in [4.78, 5) is 0. The van der Waals surface area contributed by atoms with Crippen molar-refractivity contribution in [3.05, 3.63) is 35.6 Å². The van der Waals surface area contributed by atoms with Gasteiger partial charge in [0.1, 0.15) is 5.82 Å². The van der Waals surface area contributed by atoms with E-state index in [0.29, 0.717) is 5.56 Å². The summed E-state index contributed by atoms with van der Waals surface area (Å²) in [7, 11) is -3.33. The molecule has 2 aliphatic carbocycles. The van der Waals surface area contributed by atoms with Crippen molar-refractivity contribution in [2.45, 2.75) is 44.2 Å². The van der Waals surface area contributed by atoms with Crippen LogP contribution in [0.4, 0.5) is 4.39 Å². The number of aliphatic hydroxyl groups excluding tert-OH is 1. The molecular formula is C16H22FNO3S. The minimum absolute atomic E-state index is 0.0279. The number of aliphatic hydroxyl groups is 1. The Bertz CT molecular complexity index is 609. The Morgan fingerprint density at radius 1 is 1.18 bits per heavy atom. The van der Waals surface area contributed by atoms with Crippen molar-refractivity contribution in [1.82, 2.24) is 4.31 Å². The van der Waals surface area contributed by atoms with E-state index in [9.17, 15) is 17.9 Å². The van der Waals surface area contributed by atoms with Gasteiger partial charge in [0, 0.05) is 12.6 Å². The Morgan fingerprint density at radius 3 is 2.32 bits per heavy atom. The first-order valence-electron chi connectivity index (χ1n) is 7.89. The highest BCUT2D eigenvalue weighted by molar-refractivity contribution is 7.89. The third kappa shape index (κ3) is 3.67. The molecule has 0 aromatic heterocycles. The van der Waals surface area contributed by atoms with Crippen molar-refractivity contribution in [2.24, 2.45) is 5.92 Å². The van der Waals surface area contributed by atoms with Crippen LogP contribution in [-0.2, 0) is 10.0 Å². The van der Waals surface area contributed by atoms with Gasteiger partial charge in [0.25, 0.3) is 0 Å². The van der Waals surface area contributed by atoms with Gasteiger partial charge in [0.05, 0.1) is 11.9 Å². The molecule has 3 rings (SSSR count). The van der Waals surface area contributed by atoms with E-state index in [-0.39, 0.29) is 30.1 Å². The highest BCUT2D eigenvalue weighted by Gasteiger charge is 2.40. The molecule has 0 amide bonds. The van der Waals surface area contributed by atoms with Crippen molar-refractivity contribution >= 4 is 10.0 Å². The Balaban J connectivity index is 1.69. The van der Waals surface area contributed by atoms with Gasteiger partial charge in [-0.1, -0.05) is 18.6 Å². The van der Waals surface area contributed by atoms with Gasteiger partial charge in [-0.25, -0.2) is 12.8 Å². The molecule has 0 aliphatic heterocycles. The van der Waals surface area contributed by atoms with Gasteiger partial charge >= 0.3 is 0 Å².